The highest BCUT2D eigenvalue weighted by molar-refractivity contribution is 7.98. The van der Waals surface area contributed by atoms with Gasteiger partial charge in [-0.1, -0.05) is 0 Å². The van der Waals surface area contributed by atoms with Crippen molar-refractivity contribution >= 4 is 35.5 Å². The van der Waals surface area contributed by atoms with Gasteiger partial charge in [0, 0.05) is 0 Å². The number of aliphatic carboxylic acids is 1. The van der Waals surface area contributed by atoms with Crippen molar-refractivity contribution in [2.45, 2.75) is 50.4 Å². The van der Waals surface area contributed by atoms with Crippen LogP contribution in [0.25, 0.3) is 0 Å². The van der Waals surface area contributed by atoms with E-state index in [1.807, 2.05) is 6.26 Å². The van der Waals surface area contributed by atoms with Gasteiger partial charge in [-0.15, -0.1) is 0 Å². The molecule has 0 aromatic heterocycles. The molecule has 154 valence electrons. The number of hydrogen-bond donors (Lipinski definition) is 6. The normalized spacial score (nSPS) is 19.6. The zero-order chi connectivity index (χ0) is 20.4. The van der Waals surface area contributed by atoms with Crippen LogP contribution in [0, 0.1) is 0 Å². The van der Waals surface area contributed by atoms with Gasteiger partial charge in [0.1, 0.15) is 6.04 Å². The maximum absolute atomic E-state index is 12.3. The number of thioether (sulfide) groups is 1. The quantitative estimate of drug-likeness (QED) is 0.232. The standard InChI is InChI=1S/C16H28N4O6S/c1-9(21)13(16(25)26)20-15(24)11(5-7-27-2)19-12(22)8-18-14(23)10-4-3-6-17-10/h9-11,13,17,21H,3-8H2,1-2H3,(H,18,23)(H,19,22)(H,20,24)(H,25,26). The average molecular weight is 404 g/mol. The van der Waals surface area contributed by atoms with E-state index in [9.17, 15) is 24.3 Å². The number of aliphatic hydroxyl groups is 1. The molecule has 1 aliphatic heterocycles. The number of aliphatic hydroxyl groups excluding tert-OH is 1. The van der Waals surface area contributed by atoms with Gasteiger partial charge in [0.2, 0.25) is 17.7 Å². The summed E-state index contributed by atoms with van der Waals surface area (Å²) in [6.45, 7) is 1.73. The zero-order valence-electron chi connectivity index (χ0n) is 15.5. The van der Waals surface area contributed by atoms with Crippen molar-refractivity contribution in [3.05, 3.63) is 0 Å². The van der Waals surface area contributed by atoms with E-state index in [0.717, 1.165) is 13.0 Å². The largest absolute Gasteiger partial charge is 0.480 e. The molecule has 1 saturated heterocycles. The summed E-state index contributed by atoms with van der Waals surface area (Å²) in [5.74, 6) is -2.33. The van der Waals surface area contributed by atoms with Gasteiger partial charge in [-0.3, -0.25) is 14.4 Å². The molecule has 0 spiro atoms. The van der Waals surface area contributed by atoms with Crippen LogP contribution in [0.2, 0.25) is 0 Å². The van der Waals surface area contributed by atoms with Crippen molar-refractivity contribution in [2.24, 2.45) is 0 Å². The number of carboxylic acid groups (broad SMARTS) is 1. The molecule has 0 saturated carbocycles. The Morgan fingerprint density at radius 3 is 2.48 bits per heavy atom. The van der Waals surface area contributed by atoms with E-state index in [1.54, 1.807) is 0 Å². The van der Waals surface area contributed by atoms with Crippen LogP contribution < -0.4 is 21.3 Å². The third-order valence-corrected chi connectivity index (χ3v) is 4.75. The van der Waals surface area contributed by atoms with Gasteiger partial charge < -0.3 is 31.5 Å². The van der Waals surface area contributed by atoms with Crippen molar-refractivity contribution < 1.29 is 29.4 Å². The molecule has 0 radical (unpaired) electrons. The molecular weight excluding hydrogens is 376 g/mol. The smallest absolute Gasteiger partial charge is 0.328 e. The maximum Gasteiger partial charge on any atom is 0.328 e. The predicted molar refractivity (Wildman–Crippen MR) is 100 cm³/mol. The molecule has 1 fully saturated rings. The minimum atomic E-state index is -1.47. The average Bonchev–Trinajstić information content (AvgIpc) is 3.15. The van der Waals surface area contributed by atoms with Gasteiger partial charge in [0.05, 0.1) is 18.7 Å². The number of carbonyl (C=O) groups is 4. The number of nitrogens with one attached hydrogen (secondary N) is 4. The molecule has 10 nitrogen and oxygen atoms in total. The van der Waals surface area contributed by atoms with Gasteiger partial charge >= 0.3 is 5.97 Å². The van der Waals surface area contributed by atoms with Crippen molar-refractivity contribution in [3.63, 3.8) is 0 Å². The summed E-state index contributed by atoms with van der Waals surface area (Å²) in [5.41, 5.74) is 0. The number of carbonyl (C=O) groups excluding carboxylic acids is 3. The van der Waals surface area contributed by atoms with E-state index in [0.29, 0.717) is 12.2 Å². The second-order valence-corrected chi connectivity index (χ2v) is 7.32. The number of rotatable bonds is 11. The topological polar surface area (TPSA) is 157 Å². The monoisotopic (exact) mass is 404 g/mol. The highest BCUT2D eigenvalue weighted by atomic mass is 32.2. The predicted octanol–water partition coefficient (Wildman–Crippen LogP) is -1.96. The Morgan fingerprint density at radius 2 is 1.96 bits per heavy atom. The first kappa shape index (κ1) is 23.2. The fourth-order valence-corrected chi connectivity index (χ4v) is 3.06. The van der Waals surface area contributed by atoms with Gasteiger partial charge in [0.25, 0.3) is 0 Å². The highest BCUT2D eigenvalue weighted by Gasteiger charge is 2.29. The van der Waals surface area contributed by atoms with Gasteiger partial charge in [-0.05, 0) is 44.7 Å². The summed E-state index contributed by atoms with van der Waals surface area (Å²) in [5, 5.41) is 28.8. The van der Waals surface area contributed by atoms with E-state index in [2.05, 4.69) is 21.3 Å². The summed E-state index contributed by atoms with van der Waals surface area (Å²) in [4.78, 5) is 47.5. The molecule has 1 heterocycles. The molecule has 1 aliphatic rings. The van der Waals surface area contributed by atoms with E-state index >= 15 is 0 Å². The van der Waals surface area contributed by atoms with E-state index in [4.69, 9.17) is 5.11 Å². The van der Waals surface area contributed by atoms with Crippen LogP contribution in [-0.4, -0.2) is 83.2 Å². The summed E-state index contributed by atoms with van der Waals surface area (Å²) >= 11 is 1.47. The SMILES string of the molecule is CSCCC(NC(=O)CNC(=O)C1CCCN1)C(=O)NC(C(=O)O)C(C)O. The summed E-state index contributed by atoms with van der Waals surface area (Å²) < 4.78 is 0. The number of carboxylic acids is 1. The lowest BCUT2D eigenvalue weighted by Gasteiger charge is -2.22. The first-order chi connectivity index (χ1) is 12.8. The second-order valence-electron chi connectivity index (χ2n) is 6.33. The minimum absolute atomic E-state index is 0.271. The van der Waals surface area contributed by atoms with E-state index in [1.165, 1.54) is 18.7 Å². The Kier molecular flexibility index (Phi) is 10.1. The van der Waals surface area contributed by atoms with Crippen LogP contribution in [0.15, 0.2) is 0 Å². The molecule has 4 atom stereocenters. The molecule has 0 aliphatic carbocycles. The number of amides is 3. The van der Waals surface area contributed by atoms with Crippen LogP contribution in [0.5, 0.6) is 0 Å². The Morgan fingerprint density at radius 1 is 1.26 bits per heavy atom. The first-order valence-corrected chi connectivity index (χ1v) is 10.2. The number of hydrogen-bond acceptors (Lipinski definition) is 7. The Bertz CT molecular complexity index is 539. The molecule has 0 aromatic carbocycles. The van der Waals surface area contributed by atoms with Crippen LogP contribution in [-0.2, 0) is 19.2 Å². The van der Waals surface area contributed by atoms with Crippen molar-refractivity contribution in [3.8, 4) is 0 Å². The van der Waals surface area contributed by atoms with Gasteiger partial charge in [0.15, 0.2) is 6.04 Å². The molecule has 6 N–H and O–H groups in total. The summed E-state index contributed by atoms with van der Waals surface area (Å²) in [6, 6.07) is -2.75. The van der Waals surface area contributed by atoms with Crippen molar-refractivity contribution in [2.75, 3.05) is 25.1 Å². The Labute approximate surface area is 162 Å². The first-order valence-electron chi connectivity index (χ1n) is 8.77. The molecular formula is C16H28N4O6S. The molecule has 27 heavy (non-hydrogen) atoms. The summed E-state index contributed by atoms with van der Waals surface area (Å²) in [6.07, 6.45) is 2.43. The Balaban J connectivity index is 2.58. The second kappa shape index (κ2) is 11.8. The fourth-order valence-electron chi connectivity index (χ4n) is 2.59. The van der Waals surface area contributed by atoms with Crippen LogP contribution in [0.4, 0.5) is 0 Å². The lowest BCUT2D eigenvalue weighted by molar-refractivity contribution is -0.145. The molecule has 0 aromatic rings. The highest BCUT2D eigenvalue weighted by Crippen LogP contribution is 2.05. The third kappa shape index (κ3) is 8.14. The van der Waals surface area contributed by atoms with E-state index < -0.39 is 36.0 Å². The molecule has 0 bridgehead atoms. The van der Waals surface area contributed by atoms with Crippen LogP contribution >= 0.6 is 11.8 Å². The third-order valence-electron chi connectivity index (χ3n) is 4.11. The zero-order valence-corrected chi connectivity index (χ0v) is 16.3. The molecule has 4 unspecified atom stereocenters. The van der Waals surface area contributed by atoms with Crippen LogP contribution in [0.3, 0.4) is 0 Å². The minimum Gasteiger partial charge on any atom is -0.480 e. The van der Waals surface area contributed by atoms with Crippen molar-refractivity contribution in [1.82, 2.24) is 21.3 Å². The summed E-state index contributed by atoms with van der Waals surface area (Å²) in [7, 11) is 0. The Hall–Kier alpha value is -1.85. The molecule has 11 heteroatoms. The van der Waals surface area contributed by atoms with Gasteiger partial charge in [-0.25, -0.2) is 4.79 Å². The molecule has 3 amide bonds. The maximum atomic E-state index is 12.3. The lowest BCUT2D eigenvalue weighted by Crippen LogP contribution is -2.56. The van der Waals surface area contributed by atoms with Crippen LogP contribution in [0.1, 0.15) is 26.2 Å². The van der Waals surface area contributed by atoms with E-state index in [-0.39, 0.29) is 24.9 Å². The molecule has 1 rings (SSSR count). The van der Waals surface area contributed by atoms with Gasteiger partial charge in [-0.2, -0.15) is 11.8 Å². The lowest BCUT2D eigenvalue weighted by atomic mass is 10.1. The van der Waals surface area contributed by atoms with Crippen molar-refractivity contribution in [1.29, 1.82) is 0 Å². The fraction of sp³-hybridized carbons (Fsp3) is 0.750.